The molecule has 0 spiro atoms. The molecule has 1 saturated heterocycles. The molecule has 0 aromatic heterocycles. The van der Waals surface area contributed by atoms with Gasteiger partial charge in [0.2, 0.25) is 0 Å². The first-order valence-corrected chi connectivity index (χ1v) is 4.71. The predicted octanol–water partition coefficient (Wildman–Crippen LogP) is 2.41. The van der Waals surface area contributed by atoms with Crippen LogP contribution in [-0.4, -0.2) is 0 Å². The standard InChI is InChI=1S/C11H13N/c1-7-6-10-8-4-2-3-5-9(8)11(7)12-10/h2-5,7,10-12H,6H2,1H3. The van der Waals surface area contributed by atoms with Crippen LogP contribution in [-0.2, 0) is 0 Å². The van der Waals surface area contributed by atoms with E-state index in [1.165, 1.54) is 6.42 Å². The van der Waals surface area contributed by atoms with Crippen LogP contribution >= 0.6 is 0 Å². The molecule has 0 aliphatic carbocycles. The molecule has 3 unspecified atom stereocenters. The van der Waals surface area contributed by atoms with Gasteiger partial charge in [-0.15, -0.1) is 0 Å². The summed E-state index contributed by atoms with van der Waals surface area (Å²) in [6, 6.07) is 10.1. The molecule has 3 rings (SSSR count). The van der Waals surface area contributed by atoms with Crippen molar-refractivity contribution in [1.29, 1.82) is 0 Å². The van der Waals surface area contributed by atoms with Crippen molar-refractivity contribution in [2.75, 3.05) is 0 Å². The van der Waals surface area contributed by atoms with E-state index in [1.54, 1.807) is 11.1 Å². The Bertz CT molecular complexity index is 319. The van der Waals surface area contributed by atoms with E-state index < -0.39 is 0 Å². The Hall–Kier alpha value is -0.820. The summed E-state index contributed by atoms with van der Waals surface area (Å²) in [7, 11) is 0. The summed E-state index contributed by atoms with van der Waals surface area (Å²) in [5.74, 6) is 0.824. The number of benzene rings is 1. The molecule has 1 aromatic carbocycles. The third-order valence-corrected chi connectivity index (χ3v) is 3.26. The van der Waals surface area contributed by atoms with Gasteiger partial charge >= 0.3 is 0 Å². The lowest BCUT2D eigenvalue weighted by molar-refractivity contribution is 0.502. The SMILES string of the molecule is CC1CC2NC1c1ccccc12. The monoisotopic (exact) mass is 159 g/mol. The van der Waals surface area contributed by atoms with E-state index in [-0.39, 0.29) is 0 Å². The van der Waals surface area contributed by atoms with Crippen molar-refractivity contribution in [3.8, 4) is 0 Å². The minimum atomic E-state index is 0.645. The molecule has 2 bridgehead atoms. The number of hydrogen-bond donors (Lipinski definition) is 1. The normalized spacial score (nSPS) is 36.9. The van der Waals surface area contributed by atoms with E-state index in [0.29, 0.717) is 12.1 Å². The van der Waals surface area contributed by atoms with E-state index in [1.807, 2.05) is 0 Å². The van der Waals surface area contributed by atoms with Gasteiger partial charge in [0.15, 0.2) is 0 Å². The van der Waals surface area contributed by atoms with Crippen molar-refractivity contribution >= 4 is 0 Å². The van der Waals surface area contributed by atoms with Crippen molar-refractivity contribution in [3.05, 3.63) is 35.4 Å². The Morgan fingerprint density at radius 2 is 2.00 bits per heavy atom. The summed E-state index contributed by atoms with van der Waals surface area (Å²) in [4.78, 5) is 0. The van der Waals surface area contributed by atoms with Crippen molar-refractivity contribution in [3.63, 3.8) is 0 Å². The zero-order valence-corrected chi connectivity index (χ0v) is 7.25. The summed E-state index contributed by atoms with van der Waals surface area (Å²) >= 11 is 0. The first-order chi connectivity index (χ1) is 5.86. The van der Waals surface area contributed by atoms with Gasteiger partial charge in [-0.2, -0.15) is 0 Å². The maximum atomic E-state index is 3.64. The minimum absolute atomic E-state index is 0.645. The topological polar surface area (TPSA) is 12.0 Å². The van der Waals surface area contributed by atoms with E-state index in [0.717, 1.165) is 5.92 Å². The fraction of sp³-hybridized carbons (Fsp3) is 0.455. The van der Waals surface area contributed by atoms with Crippen LogP contribution in [0.4, 0.5) is 0 Å². The molecule has 62 valence electrons. The molecule has 0 radical (unpaired) electrons. The van der Waals surface area contributed by atoms with Gasteiger partial charge in [-0.1, -0.05) is 31.2 Å². The first-order valence-electron chi connectivity index (χ1n) is 4.71. The van der Waals surface area contributed by atoms with Crippen LogP contribution in [0.25, 0.3) is 0 Å². The van der Waals surface area contributed by atoms with E-state index >= 15 is 0 Å². The third-order valence-electron chi connectivity index (χ3n) is 3.26. The third kappa shape index (κ3) is 0.674. The molecule has 1 nitrogen and oxygen atoms in total. The maximum Gasteiger partial charge on any atom is 0.0355 e. The van der Waals surface area contributed by atoms with Gasteiger partial charge in [-0.3, -0.25) is 0 Å². The fourth-order valence-corrected chi connectivity index (χ4v) is 2.68. The lowest BCUT2D eigenvalue weighted by atomic mass is 9.85. The lowest BCUT2D eigenvalue weighted by Gasteiger charge is -2.18. The van der Waals surface area contributed by atoms with Crippen molar-refractivity contribution < 1.29 is 0 Å². The van der Waals surface area contributed by atoms with Gasteiger partial charge in [0.05, 0.1) is 0 Å². The summed E-state index contributed by atoms with van der Waals surface area (Å²) in [6.07, 6.45) is 1.32. The minimum Gasteiger partial charge on any atom is -0.303 e. The molecule has 12 heavy (non-hydrogen) atoms. The maximum absolute atomic E-state index is 3.64. The van der Waals surface area contributed by atoms with Gasteiger partial charge in [0.1, 0.15) is 0 Å². The molecule has 1 heteroatoms. The number of hydrogen-bond acceptors (Lipinski definition) is 1. The largest absolute Gasteiger partial charge is 0.303 e. The predicted molar refractivity (Wildman–Crippen MR) is 48.8 cm³/mol. The lowest BCUT2D eigenvalue weighted by Crippen LogP contribution is -2.10. The first kappa shape index (κ1) is 6.67. The molecule has 3 atom stereocenters. The molecule has 2 aliphatic heterocycles. The van der Waals surface area contributed by atoms with E-state index in [2.05, 4.69) is 36.5 Å². The van der Waals surface area contributed by atoms with Gasteiger partial charge < -0.3 is 5.32 Å². The molecule has 0 saturated carbocycles. The van der Waals surface area contributed by atoms with E-state index in [9.17, 15) is 0 Å². The fourth-order valence-electron chi connectivity index (χ4n) is 2.68. The van der Waals surface area contributed by atoms with Gasteiger partial charge in [-0.25, -0.2) is 0 Å². The van der Waals surface area contributed by atoms with Gasteiger partial charge in [0, 0.05) is 12.1 Å². The highest BCUT2D eigenvalue weighted by atomic mass is 15.0. The Balaban J connectivity index is 2.17. The van der Waals surface area contributed by atoms with Crippen LogP contribution in [0.5, 0.6) is 0 Å². The van der Waals surface area contributed by atoms with Gasteiger partial charge in [-0.05, 0) is 23.5 Å². The van der Waals surface area contributed by atoms with E-state index in [4.69, 9.17) is 0 Å². The van der Waals surface area contributed by atoms with Crippen LogP contribution < -0.4 is 5.32 Å². The zero-order valence-electron chi connectivity index (χ0n) is 7.25. The smallest absolute Gasteiger partial charge is 0.0355 e. The summed E-state index contributed by atoms with van der Waals surface area (Å²) in [5, 5.41) is 3.64. The zero-order chi connectivity index (χ0) is 8.13. The van der Waals surface area contributed by atoms with Crippen molar-refractivity contribution in [2.45, 2.75) is 25.4 Å². The highest BCUT2D eigenvalue weighted by Crippen LogP contribution is 2.47. The Kier molecular flexibility index (Phi) is 1.17. The number of rotatable bonds is 0. The highest BCUT2D eigenvalue weighted by molar-refractivity contribution is 5.40. The average molecular weight is 159 g/mol. The average Bonchev–Trinajstić information content (AvgIpc) is 2.62. The number of nitrogens with one attached hydrogen (secondary N) is 1. The second kappa shape index (κ2) is 2.11. The second-order valence-corrected chi connectivity index (χ2v) is 4.04. The second-order valence-electron chi connectivity index (χ2n) is 4.04. The summed E-state index contributed by atoms with van der Waals surface area (Å²) in [5.41, 5.74) is 3.09. The summed E-state index contributed by atoms with van der Waals surface area (Å²) < 4.78 is 0. The Morgan fingerprint density at radius 1 is 1.25 bits per heavy atom. The van der Waals surface area contributed by atoms with Crippen LogP contribution in [0, 0.1) is 5.92 Å². The molecule has 2 heterocycles. The Labute approximate surface area is 72.8 Å². The van der Waals surface area contributed by atoms with Gasteiger partial charge in [0.25, 0.3) is 0 Å². The molecular formula is C11H13N. The van der Waals surface area contributed by atoms with Crippen molar-refractivity contribution in [1.82, 2.24) is 5.32 Å². The summed E-state index contributed by atoms with van der Waals surface area (Å²) in [6.45, 7) is 2.34. The van der Waals surface area contributed by atoms with Crippen LogP contribution in [0.3, 0.4) is 0 Å². The number of fused-ring (bicyclic) bond motifs is 5. The van der Waals surface area contributed by atoms with Crippen LogP contribution in [0.1, 0.15) is 36.6 Å². The quantitative estimate of drug-likeness (QED) is 0.613. The Morgan fingerprint density at radius 3 is 2.83 bits per heavy atom. The molecule has 1 fully saturated rings. The van der Waals surface area contributed by atoms with Crippen LogP contribution in [0.2, 0.25) is 0 Å². The molecule has 1 N–H and O–H groups in total. The molecule has 0 amide bonds. The molecule has 1 aromatic rings. The molecular weight excluding hydrogens is 146 g/mol. The van der Waals surface area contributed by atoms with Crippen LogP contribution in [0.15, 0.2) is 24.3 Å². The molecule has 2 aliphatic rings. The highest BCUT2D eigenvalue weighted by Gasteiger charge is 2.40. The van der Waals surface area contributed by atoms with Crippen molar-refractivity contribution in [2.24, 2.45) is 5.92 Å².